The molecule has 3 aliphatic rings. The number of carbonyl (C=O) groups excluding carboxylic acids is 4. The highest BCUT2D eigenvalue weighted by Gasteiger charge is 2.74. The minimum Gasteiger partial charge on any atom is -0.349 e. The zero-order valence-electron chi connectivity index (χ0n) is 18.0. The van der Waals surface area contributed by atoms with E-state index in [2.05, 4.69) is 0 Å². The number of benzene rings is 3. The van der Waals surface area contributed by atoms with Crippen molar-refractivity contribution in [2.45, 2.75) is 18.6 Å². The van der Waals surface area contributed by atoms with Crippen LogP contribution in [0.5, 0.6) is 0 Å². The van der Waals surface area contributed by atoms with Gasteiger partial charge >= 0.3 is 0 Å². The molecule has 2 heterocycles. The number of hydrogen-bond donors (Lipinski definition) is 0. The standard InChI is InChI=1S/C27H18ClNO5/c1-14-11-12-16(28)13-19(14)29-25(32)20-21(26(29)33)27(34-22(20)15-7-3-2-4-8-15)23(30)17-9-5-6-10-18(17)24(27)31/h2-13,20-22H,1H3. The number of rotatable bonds is 2. The van der Waals surface area contributed by atoms with Crippen LogP contribution in [0.2, 0.25) is 5.02 Å². The second-order valence-corrected chi connectivity index (χ2v) is 9.27. The normalized spacial score (nSPS) is 24.8. The SMILES string of the molecule is Cc1ccc(Cl)cc1N1C(=O)C2C(c3ccccc3)OC3(C(=O)c4ccccc4C3=O)C2C1=O. The third kappa shape index (κ3) is 2.55. The average molecular weight is 472 g/mol. The van der Waals surface area contributed by atoms with Crippen LogP contribution >= 0.6 is 11.6 Å². The molecule has 2 aliphatic heterocycles. The Hall–Kier alpha value is -3.61. The van der Waals surface area contributed by atoms with Gasteiger partial charge in [-0.1, -0.05) is 72.3 Å². The summed E-state index contributed by atoms with van der Waals surface area (Å²) in [5.41, 5.74) is -0.0334. The monoisotopic (exact) mass is 471 g/mol. The van der Waals surface area contributed by atoms with Gasteiger partial charge in [0.05, 0.1) is 23.6 Å². The fourth-order valence-corrected chi connectivity index (χ4v) is 5.69. The molecule has 7 heteroatoms. The molecule has 0 saturated carbocycles. The number of Topliss-reactive ketones (excluding diaryl/α,β-unsaturated/α-hetero) is 2. The second kappa shape index (κ2) is 7.19. The molecular formula is C27H18ClNO5. The summed E-state index contributed by atoms with van der Waals surface area (Å²) in [5, 5.41) is 0.365. The van der Waals surface area contributed by atoms with Crippen LogP contribution in [0.25, 0.3) is 0 Å². The highest BCUT2D eigenvalue weighted by molar-refractivity contribution is 6.37. The van der Waals surface area contributed by atoms with Crippen LogP contribution in [-0.2, 0) is 14.3 Å². The van der Waals surface area contributed by atoms with Crippen molar-refractivity contribution >= 4 is 40.7 Å². The molecule has 3 aromatic rings. The molecule has 0 radical (unpaired) electrons. The molecule has 2 fully saturated rings. The van der Waals surface area contributed by atoms with Gasteiger partial charge in [-0.3, -0.25) is 19.2 Å². The van der Waals surface area contributed by atoms with Crippen LogP contribution in [0.3, 0.4) is 0 Å². The molecule has 0 bridgehead atoms. The van der Waals surface area contributed by atoms with E-state index in [1.165, 1.54) is 0 Å². The zero-order chi connectivity index (χ0) is 23.8. The van der Waals surface area contributed by atoms with Crippen LogP contribution in [0.15, 0.2) is 72.8 Å². The Labute approximate surface area is 200 Å². The third-order valence-corrected chi connectivity index (χ3v) is 7.29. The Morgan fingerprint density at radius 2 is 1.44 bits per heavy atom. The van der Waals surface area contributed by atoms with Gasteiger partial charge in [0.1, 0.15) is 0 Å². The number of carbonyl (C=O) groups is 4. The summed E-state index contributed by atoms with van der Waals surface area (Å²) in [5.74, 6) is -4.61. The van der Waals surface area contributed by atoms with E-state index in [4.69, 9.17) is 16.3 Å². The van der Waals surface area contributed by atoms with Crippen molar-refractivity contribution in [2.75, 3.05) is 4.90 Å². The number of nitrogens with zero attached hydrogens (tertiary/aromatic N) is 1. The molecule has 2 amide bonds. The molecule has 168 valence electrons. The Balaban J connectivity index is 1.57. The predicted octanol–water partition coefficient (Wildman–Crippen LogP) is 4.34. The Bertz CT molecular complexity index is 1380. The molecule has 3 atom stereocenters. The molecule has 3 aromatic carbocycles. The van der Waals surface area contributed by atoms with E-state index in [0.717, 1.165) is 4.90 Å². The number of hydrogen-bond acceptors (Lipinski definition) is 5. The first kappa shape index (κ1) is 21.0. The lowest BCUT2D eigenvalue weighted by atomic mass is 9.77. The minimum atomic E-state index is -2.08. The van der Waals surface area contributed by atoms with Crippen molar-refractivity contribution in [2.24, 2.45) is 11.8 Å². The number of amides is 2. The van der Waals surface area contributed by atoms with Gasteiger partial charge in [0.15, 0.2) is 0 Å². The summed E-state index contributed by atoms with van der Waals surface area (Å²) in [4.78, 5) is 56.3. The van der Waals surface area contributed by atoms with Crippen molar-refractivity contribution in [1.29, 1.82) is 0 Å². The van der Waals surface area contributed by atoms with Gasteiger partial charge < -0.3 is 4.74 Å². The lowest BCUT2D eigenvalue weighted by Crippen LogP contribution is -2.51. The van der Waals surface area contributed by atoms with Crippen molar-refractivity contribution in [3.63, 3.8) is 0 Å². The van der Waals surface area contributed by atoms with Gasteiger partial charge in [-0.2, -0.15) is 0 Å². The third-order valence-electron chi connectivity index (χ3n) is 7.06. The molecule has 6 rings (SSSR count). The van der Waals surface area contributed by atoms with Crippen LogP contribution in [-0.4, -0.2) is 29.0 Å². The summed E-state index contributed by atoms with van der Waals surface area (Å²) in [6.45, 7) is 1.77. The lowest BCUT2D eigenvalue weighted by Gasteiger charge is -2.27. The van der Waals surface area contributed by atoms with Crippen LogP contribution in [0.1, 0.15) is 37.9 Å². The van der Waals surface area contributed by atoms with Gasteiger partial charge in [-0.25, -0.2) is 4.90 Å². The second-order valence-electron chi connectivity index (χ2n) is 8.83. The number of ketones is 2. The van der Waals surface area contributed by atoms with E-state index < -0.39 is 46.9 Å². The number of aryl methyl sites for hydroxylation is 1. The summed E-state index contributed by atoms with van der Waals surface area (Å²) in [6.07, 6.45) is -0.936. The molecule has 3 unspecified atom stereocenters. The van der Waals surface area contributed by atoms with Crippen molar-refractivity contribution in [1.82, 2.24) is 0 Å². The topological polar surface area (TPSA) is 80.8 Å². The lowest BCUT2D eigenvalue weighted by molar-refractivity contribution is -0.127. The van der Waals surface area contributed by atoms with E-state index in [-0.39, 0.29) is 11.1 Å². The number of halogens is 1. The van der Waals surface area contributed by atoms with Gasteiger partial charge in [0, 0.05) is 16.1 Å². The molecule has 1 spiro atoms. The largest absolute Gasteiger partial charge is 0.349 e. The van der Waals surface area contributed by atoms with Gasteiger partial charge in [0.25, 0.3) is 0 Å². The van der Waals surface area contributed by atoms with Gasteiger partial charge in [-0.15, -0.1) is 0 Å². The van der Waals surface area contributed by atoms with E-state index in [1.54, 1.807) is 73.7 Å². The van der Waals surface area contributed by atoms with Crippen LogP contribution < -0.4 is 4.90 Å². The fraction of sp³-hybridized carbons (Fsp3) is 0.185. The van der Waals surface area contributed by atoms with Crippen molar-refractivity contribution < 1.29 is 23.9 Å². The fourth-order valence-electron chi connectivity index (χ4n) is 5.52. The molecule has 0 aromatic heterocycles. The number of fused-ring (bicyclic) bond motifs is 3. The van der Waals surface area contributed by atoms with Gasteiger partial charge in [0.2, 0.25) is 29.0 Å². The summed E-state index contributed by atoms with van der Waals surface area (Å²) in [6, 6.07) is 20.3. The molecule has 1 aliphatic carbocycles. The summed E-state index contributed by atoms with van der Waals surface area (Å²) >= 11 is 6.18. The minimum absolute atomic E-state index is 0.206. The first-order valence-corrected chi connectivity index (χ1v) is 11.3. The maximum Gasteiger partial charge on any atom is 0.241 e. The highest BCUT2D eigenvalue weighted by Crippen LogP contribution is 2.57. The maximum atomic E-state index is 13.9. The Kier molecular flexibility index (Phi) is 4.43. The van der Waals surface area contributed by atoms with Crippen molar-refractivity contribution in [3.8, 4) is 0 Å². The van der Waals surface area contributed by atoms with E-state index in [0.29, 0.717) is 21.8 Å². The Morgan fingerprint density at radius 3 is 2.09 bits per heavy atom. The first-order chi connectivity index (χ1) is 16.4. The zero-order valence-corrected chi connectivity index (χ0v) is 18.8. The molecule has 34 heavy (non-hydrogen) atoms. The molecule has 6 nitrogen and oxygen atoms in total. The summed E-state index contributed by atoms with van der Waals surface area (Å²) in [7, 11) is 0. The van der Waals surface area contributed by atoms with Crippen LogP contribution in [0, 0.1) is 18.8 Å². The van der Waals surface area contributed by atoms with E-state index in [9.17, 15) is 19.2 Å². The maximum absolute atomic E-state index is 13.9. The molecule has 2 saturated heterocycles. The summed E-state index contributed by atoms with van der Waals surface area (Å²) < 4.78 is 6.26. The predicted molar refractivity (Wildman–Crippen MR) is 124 cm³/mol. The van der Waals surface area contributed by atoms with E-state index in [1.807, 2.05) is 6.07 Å². The average Bonchev–Trinajstić information content (AvgIpc) is 3.41. The number of anilines is 1. The van der Waals surface area contributed by atoms with E-state index >= 15 is 0 Å². The van der Waals surface area contributed by atoms with Crippen LogP contribution in [0.4, 0.5) is 5.69 Å². The molecule has 0 N–H and O–H groups in total. The van der Waals surface area contributed by atoms with Crippen molar-refractivity contribution in [3.05, 3.63) is 100 Å². The smallest absolute Gasteiger partial charge is 0.241 e. The van der Waals surface area contributed by atoms with Gasteiger partial charge in [-0.05, 0) is 30.2 Å². The number of ether oxygens (including phenoxy) is 1. The Morgan fingerprint density at radius 1 is 0.824 bits per heavy atom. The molecular weight excluding hydrogens is 454 g/mol. The highest BCUT2D eigenvalue weighted by atomic mass is 35.5. The first-order valence-electron chi connectivity index (χ1n) is 10.9. The quantitative estimate of drug-likeness (QED) is 0.410. The number of imide groups is 1.